The van der Waals surface area contributed by atoms with Crippen molar-refractivity contribution in [3.8, 4) is 5.75 Å². The van der Waals surface area contributed by atoms with E-state index in [0.29, 0.717) is 6.73 Å². The van der Waals surface area contributed by atoms with Crippen molar-refractivity contribution < 1.29 is 4.74 Å². The molecule has 0 radical (unpaired) electrons. The molecule has 4 rings (SSSR count). The molecule has 2 aliphatic rings. The summed E-state index contributed by atoms with van der Waals surface area (Å²) in [5.41, 5.74) is 5.14. The van der Waals surface area contributed by atoms with Gasteiger partial charge in [0.25, 0.3) is 0 Å². The van der Waals surface area contributed by atoms with E-state index in [1.807, 2.05) is 0 Å². The number of hydrogen-bond acceptors (Lipinski definition) is 2. The van der Waals surface area contributed by atoms with Gasteiger partial charge in [-0.25, -0.2) is 0 Å². The first-order chi connectivity index (χ1) is 9.34. The predicted octanol–water partition coefficient (Wildman–Crippen LogP) is 3.72. The zero-order valence-corrected chi connectivity index (χ0v) is 10.8. The third-order valence-corrected chi connectivity index (χ3v) is 3.96. The maximum Gasteiger partial charge on any atom is 0.161 e. The van der Waals surface area contributed by atoms with Gasteiger partial charge in [-0.1, -0.05) is 42.5 Å². The summed E-state index contributed by atoms with van der Waals surface area (Å²) in [4.78, 5) is 2.25. The Bertz CT molecular complexity index is 675. The molecule has 0 saturated carbocycles. The molecule has 0 saturated heterocycles. The van der Waals surface area contributed by atoms with Gasteiger partial charge in [0.15, 0.2) is 6.73 Å². The van der Waals surface area contributed by atoms with Crippen LogP contribution in [0.3, 0.4) is 0 Å². The van der Waals surface area contributed by atoms with Gasteiger partial charge in [-0.2, -0.15) is 0 Å². The summed E-state index contributed by atoms with van der Waals surface area (Å²) in [5, 5.41) is 0. The highest BCUT2D eigenvalue weighted by atomic mass is 16.5. The molecule has 0 aliphatic carbocycles. The van der Waals surface area contributed by atoms with Crippen LogP contribution in [-0.2, 0) is 0 Å². The van der Waals surface area contributed by atoms with E-state index in [4.69, 9.17) is 4.74 Å². The lowest BCUT2D eigenvalue weighted by molar-refractivity contribution is 0.117. The number of para-hydroxylation sites is 1. The van der Waals surface area contributed by atoms with Crippen LogP contribution in [0.25, 0.3) is 6.08 Å². The first kappa shape index (κ1) is 10.7. The van der Waals surface area contributed by atoms with Gasteiger partial charge >= 0.3 is 0 Å². The summed E-state index contributed by atoms with van der Waals surface area (Å²) in [5.74, 6) is 1.05. The molecular weight excluding hydrogens is 234 g/mol. The Morgan fingerprint density at radius 3 is 2.84 bits per heavy atom. The number of benzene rings is 2. The minimum Gasteiger partial charge on any atom is -0.472 e. The first-order valence-corrected chi connectivity index (χ1v) is 6.60. The molecule has 2 aliphatic heterocycles. The molecule has 0 aromatic heterocycles. The van der Waals surface area contributed by atoms with E-state index < -0.39 is 0 Å². The molecule has 0 N–H and O–H groups in total. The van der Waals surface area contributed by atoms with Gasteiger partial charge < -0.3 is 9.64 Å². The Morgan fingerprint density at radius 1 is 1.05 bits per heavy atom. The minimum atomic E-state index is 0.282. The lowest BCUT2D eigenvalue weighted by atomic mass is 9.89. The minimum absolute atomic E-state index is 0.282. The van der Waals surface area contributed by atoms with Crippen molar-refractivity contribution in [2.24, 2.45) is 0 Å². The number of fused-ring (bicyclic) bond motifs is 5. The van der Waals surface area contributed by atoms with E-state index in [9.17, 15) is 0 Å². The van der Waals surface area contributed by atoms with Crippen molar-refractivity contribution in [3.05, 3.63) is 70.9 Å². The van der Waals surface area contributed by atoms with Gasteiger partial charge in [-0.05, 0) is 29.7 Å². The maximum absolute atomic E-state index is 5.91. The molecule has 2 aromatic rings. The van der Waals surface area contributed by atoms with Gasteiger partial charge in [0.1, 0.15) is 5.75 Å². The number of rotatable bonds is 0. The van der Waals surface area contributed by atoms with Crippen LogP contribution in [0.1, 0.15) is 28.3 Å². The quantitative estimate of drug-likeness (QED) is 0.705. The lowest BCUT2D eigenvalue weighted by Gasteiger charge is -2.39. The zero-order valence-electron chi connectivity index (χ0n) is 10.8. The van der Waals surface area contributed by atoms with Crippen LogP contribution in [0.15, 0.2) is 48.7 Å². The van der Waals surface area contributed by atoms with E-state index in [1.165, 1.54) is 22.3 Å². The summed E-state index contributed by atoms with van der Waals surface area (Å²) in [7, 11) is 0. The Labute approximate surface area is 112 Å². The second kappa shape index (κ2) is 3.89. The van der Waals surface area contributed by atoms with Crippen molar-refractivity contribution in [3.63, 3.8) is 0 Å². The van der Waals surface area contributed by atoms with Crippen molar-refractivity contribution >= 4 is 6.08 Å². The molecule has 1 unspecified atom stereocenters. The van der Waals surface area contributed by atoms with E-state index in [-0.39, 0.29) is 6.04 Å². The van der Waals surface area contributed by atoms with Gasteiger partial charge in [-0.3, -0.25) is 0 Å². The van der Waals surface area contributed by atoms with Crippen LogP contribution in [0.5, 0.6) is 5.75 Å². The topological polar surface area (TPSA) is 12.5 Å². The van der Waals surface area contributed by atoms with E-state index >= 15 is 0 Å². The molecule has 0 spiro atoms. The Kier molecular flexibility index (Phi) is 2.18. The molecule has 1 atom stereocenters. The largest absolute Gasteiger partial charge is 0.472 e. The number of aryl methyl sites for hydroxylation is 1. The summed E-state index contributed by atoms with van der Waals surface area (Å²) < 4.78 is 5.91. The standard InChI is InChI=1S/C17H15NO/c1-12-5-4-8-15-16-14-7-3-2-6-13(14)9-10-18(16)11-19-17(12)15/h2-10,16H,11H2,1H3. The van der Waals surface area contributed by atoms with Crippen LogP contribution < -0.4 is 4.74 Å². The fourth-order valence-electron chi connectivity index (χ4n) is 3.04. The third-order valence-electron chi connectivity index (χ3n) is 3.96. The maximum atomic E-state index is 5.91. The van der Waals surface area contributed by atoms with Crippen LogP contribution in [0, 0.1) is 6.92 Å². The third kappa shape index (κ3) is 1.49. The van der Waals surface area contributed by atoms with Gasteiger partial charge in [0.2, 0.25) is 0 Å². The zero-order chi connectivity index (χ0) is 12.8. The summed E-state index contributed by atoms with van der Waals surface area (Å²) in [6.07, 6.45) is 4.30. The number of hydrogen-bond donors (Lipinski definition) is 0. The van der Waals surface area contributed by atoms with Crippen molar-refractivity contribution in [1.29, 1.82) is 0 Å². The molecular formula is C17H15NO. The SMILES string of the molecule is Cc1cccc2c1OCN1C=Cc3ccccc3C21. The average Bonchev–Trinajstić information content (AvgIpc) is 2.47. The molecule has 2 heterocycles. The van der Waals surface area contributed by atoms with Crippen molar-refractivity contribution in [2.75, 3.05) is 6.73 Å². The lowest BCUT2D eigenvalue weighted by Crippen LogP contribution is -2.35. The van der Waals surface area contributed by atoms with Crippen LogP contribution in [0.4, 0.5) is 0 Å². The van der Waals surface area contributed by atoms with E-state index in [1.54, 1.807) is 0 Å². The van der Waals surface area contributed by atoms with Gasteiger partial charge in [0, 0.05) is 11.8 Å². The molecule has 2 nitrogen and oxygen atoms in total. The summed E-state index contributed by atoms with van der Waals surface area (Å²) in [6, 6.07) is 15.3. The molecule has 19 heavy (non-hydrogen) atoms. The smallest absolute Gasteiger partial charge is 0.161 e. The molecule has 2 aromatic carbocycles. The van der Waals surface area contributed by atoms with Crippen LogP contribution in [-0.4, -0.2) is 11.6 Å². The Balaban J connectivity index is 1.95. The highest BCUT2D eigenvalue weighted by molar-refractivity contribution is 5.61. The Hall–Kier alpha value is -2.22. The average molecular weight is 249 g/mol. The van der Waals surface area contributed by atoms with Crippen LogP contribution in [0.2, 0.25) is 0 Å². The Morgan fingerprint density at radius 2 is 1.89 bits per heavy atom. The summed E-state index contributed by atoms with van der Waals surface area (Å²) >= 11 is 0. The summed E-state index contributed by atoms with van der Waals surface area (Å²) in [6.45, 7) is 2.73. The van der Waals surface area contributed by atoms with E-state index in [2.05, 4.69) is 66.6 Å². The first-order valence-electron chi connectivity index (χ1n) is 6.60. The molecule has 94 valence electrons. The van der Waals surface area contributed by atoms with Crippen molar-refractivity contribution in [2.45, 2.75) is 13.0 Å². The van der Waals surface area contributed by atoms with Gasteiger partial charge in [0.05, 0.1) is 6.04 Å². The molecule has 0 bridgehead atoms. The normalized spacial score (nSPS) is 19.2. The second-order valence-corrected chi connectivity index (χ2v) is 5.13. The second-order valence-electron chi connectivity index (χ2n) is 5.13. The molecule has 0 amide bonds. The van der Waals surface area contributed by atoms with Crippen LogP contribution >= 0.6 is 0 Å². The van der Waals surface area contributed by atoms with Gasteiger partial charge in [-0.15, -0.1) is 0 Å². The fourth-order valence-corrected chi connectivity index (χ4v) is 3.04. The number of ether oxygens (including phenoxy) is 1. The molecule has 0 fully saturated rings. The van der Waals surface area contributed by atoms with E-state index in [0.717, 1.165) is 5.75 Å². The fraction of sp³-hybridized carbons (Fsp3) is 0.176. The number of nitrogens with zero attached hydrogens (tertiary/aromatic N) is 1. The monoisotopic (exact) mass is 249 g/mol. The predicted molar refractivity (Wildman–Crippen MR) is 75.8 cm³/mol. The van der Waals surface area contributed by atoms with Crippen molar-refractivity contribution in [1.82, 2.24) is 4.90 Å². The highest BCUT2D eigenvalue weighted by Gasteiger charge is 2.31. The highest BCUT2D eigenvalue weighted by Crippen LogP contribution is 2.43. The molecule has 2 heteroatoms.